The monoisotopic (exact) mass is 265 g/mol. The third-order valence-electron chi connectivity index (χ3n) is 3.33. The molecule has 0 fully saturated rings. The third kappa shape index (κ3) is 4.20. The molecule has 1 aliphatic rings. The van der Waals surface area contributed by atoms with Crippen molar-refractivity contribution >= 4 is 0 Å². The highest BCUT2D eigenvalue weighted by Gasteiger charge is 2.16. The lowest BCUT2D eigenvalue weighted by molar-refractivity contribution is 0.0542. The summed E-state index contributed by atoms with van der Waals surface area (Å²) in [7, 11) is 3.83. The summed E-state index contributed by atoms with van der Waals surface area (Å²) in [5.41, 5.74) is 2.74. The van der Waals surface area contributed by atoms with Gasteiger partial charge in [-0.05, 0) is 30.7 Å². The number of hydrogen-bond donors (Lipinski definition) is 0. The molecule has 1 aliphatic heterocycles. The highest BCUT2D eigenvalue weighted by molar-refractivity contribution is 5.41. The second-order valence-electron chi connectivity index (χ2n) is 4.84. The Morgan fingerprint density at radius 2 is 2.00 bits per heavy atom. The lowest BCUT2D eigenvalue weighted by Crippen LogP contribution is -2.27. The van der Waals surface area contributed by atoms with E-state index in [0.717, 1.165) is 25.3 Å². The van der Waals surface area contributed by atoms with Gasteiger partial charge in [0.15, 0.2) is 0 Å². The van der Waals surface area contributed by atoms with Crippen LogP contribution in [-0.2, 0) is 22.4 Å². The van der Waals surface area contributed by atoms with Gasteiger partial charge in [0.1, 0.15) is 12.4 Å². The topological polar surface area (TPSA) is 30.9 Å². The molecule has 0 bridgehead atoms. The van der Waals surface area contributed by atoms with Gasteiger partial charge in [0.25, 0.3) is 0 Å². The predicted molar refractivity (Wildman–Crippen MR) is 74.7 cm³/mol. The molecule has 0 atom stereocenters. The Morgan fingerprint density at radius 3 is 2.84 bits per heavy atom. The number of benzene rings is 1. The summed E-state index contributed by atoms with van der Waals surface area (Å²) in [6.07, 6.45) is 1.06. The van der Waals surface area contributed by atoms with Crippen molar-refractivity contribution in [3.8, 4) is 5.75 Å². The molecule has 2 rings (SSSR count). The molecule has 0 aliphatic carbocycles. The zero-order valence-corrected chi connectivity index (χ0v) is 11.9. The number of ether oxygens (including phenoxy) is 3. The number of rotatable bonds is 7. The number of methoxy groups -OCH3 is 1. The minimum Gasteiger partial charge on any atom is -0.491 e. The highest BCUT2D eigenvalue weighted by atomic mass is 16.5. The number of likely N-dealkylation sites (N-methyl/N-ethyl adjacent to an activating group) is 1. The first kappa shape index (κ1) is 14.3. The van der Waals surface area contributed by atoms with Crippen molar-refractivity contribution in [3.05, 3.63) is 29.3 Å². The van der Waals surface area contributed by atoms with E-state index < -0.39 is 0 Å². The summed E-state index contributed by atoms with van der Waals surface area (Å²) < 4.78 is 16.2. The van der Waals surface area contributed by atoms with Crippen LogP contribution in [0, 0.1) is 0 Å². The molecule has 0 amide bonds. The van der Waals surface area contributed by atoms with Crippen molar-refractivity contribution in [2.24, 2.45) is 0 Å². The maximum atomic E-state index is 5.84. The summed E-state index contributed by atoms with van der Waals surface area (Å²) in [5.74, 6) is 1.01. The SMILES string of the molecule is COCCOCCOc1cccc2c1CCN(C)C2. The predicted octanol–water partition coefficient (Wildman–Crippen LogP) is 1.72. The molecule has 1 aromatic rings. The van der Waals surface area contributed by atoms with Crippen molar-refractivity contribution in [1.82, 2.24) is 4.90 Å². The zero-order chi connectivity index (χ0) is 13.5. The van der Waals surface area contributed by atoms with Gasteiger partial charge in [-0.25, -0.2) is 0 Å². The van der Waals surface area contributed by atoms with Crippen molar-refractivity contribution in [2.45, 2.75) is 13.0 Å². The van der Waals surface area contributed by atoms with E-state index in [4.69, 9.17) is 14.2 Å². The average molecular weight is 265 g/mol. The first-order valence-electron chi connectivity index (χ1n) is 6.80. The maximum Gasteiger partial charge on any atom is 0.122 e. The summed E-state index contributed by atoms with van der Waals surface area (Å²) in [6.45, 7) is 4.56. The van der Waals surface area contributed by atoms with Gasteiger partial charge >= 0.3 is 0 Å². The Bertz CT molecular complexity index is 395. The van der Waals surface area contributed by atoms with Gasteiger partial charge in [-0.1, -0.05) is 12.1 Å². The highest BCUT2D eigenvalue weighted by Crippen LogP contribution is 2.27. The Labute approximate surface area is 115 Å². The Morgan fingerprint density at radius 1 is 1.16 bits per heavy atom. The molecule has 0 saturated heterocycles. The minimum absolute atomic E-state index is 0.593. The van der Waals surface area contributed by atoms with Crippen LogP contribution in [0.3, 0.4) is 0 Å². The molecule has 0 aromatic heterocycles. The minimum atomic E-state index is 0.593. The van der Waals surface area contributed by atoms with Gasteiger partial charge in [0.05, 0.1) is 19.8 Å². The number of hydrogen-bond acceptors (Lipinski definition) is 4. The molecule has 19 heavy (non-hydrogen) atoms. The van der Waals surface area contributed by atoms with E-state index in [-0.39, 0.29) is 0 Å². The smallest absolute Gasteiger partial charge is 0.122 e. The van der Waals surface area contributed by atoms with Crippen molar-refractivity contribution in [1.29, 1.82) is 0 Å². The molecular weight excluding hydrogens is 242 g/mol. The van der Waals surface area contributed by atoms with E-state index >= 15 is 0 Å². The fourth-order valence-electron chi connectivity index (χ4n) is 2.31. The van der Waals surface area contributed by atoms with Gasteiger partial charge in [0.2, 0.25) is 0 Å². The molecule has 1 heterocycles. The normalized spacial score (nSPS) is 15.3. The zero-order valence-electron chi connectivity index (χ0n) is 11.9. The molecular formula is C15H23NO3. The van der Waals surface area contributed by atoms with Crippen molar-refractivity contribution < 1.29 is 14.2 Å². The molecule has 1 aromatic carbocycles. The fourth-order valence-corrected chi connectivity index (χ4v) is 2.31. The van der Waals surface area contributed by atoms with E-state index in [1.165, 1.54) is 11.1 Å². The molecule has 4 heteroatoms. The fraction of sp³-hybridized carbons (Fsp3) is 0.600. The van der Waals surface area contributed by atoms with Crippen LogP contribution in [0.2, 0.25) is 0 Å². The lowest BCUT2D eigenvalue weighted by Gasteiger charge is -2.26. The van der Waals surface area contributed by atoms with Crippen molar-refractivity contribution in [3.63, 3.8) is 0 Å². The third-order valence-corrected chi connectivity index (χ3v) is 3.33. The van der Waals surface area contributed by atoms with Gasteiger partial charge < -0.3 is 19.1 Å². The summed E-state index contributed by atoms with van der Waals surface area (Å²) >= 11 is 0. The molecule has 0 N–H and O–H groups in total. The maximum absolute atomic E-state index is 5.84. The second-order valence-corrected chi connectivity index (χ2v) is 4.84. The molecule has 0 unspecified atom stereocenters. The quantitative estimate of drug-likeness (QED) is 0.702. The first-order chi connectivity index (χ1) is 9.31. The first-order valence-corrected chi connectivity index (χ1v) is 6.80. The summed E-state index contributed by atoms with van der Waals surface area (Å²) in [5, 5.41) is 0. The van der Waals surface area contributed by atoms with Crippen LogP contribution < -0.4 is 4.74 Å². The molecule has 0 radical (unpaired) electrons. The summed E-state index contributed by atoms with van der Waals surface area (Å²) in [6, 6.07) is 6.31. The molecule has 0 saturated carbocycles. The van der Waals surface area contributed by atoms with Crippen LogP contribution in [0.25, 0.3) is 0 Å². The van der Waals surface area contributed by atoms with Gasteiger partial charge in [-0.15, -0.1) is 0 Å². The largest absolute Gasteiger partial charge is 0.491 e. The second kappa shape index (κ2) is 7.48. The summed E-state index contributed by atoms with van der Waals surface area (Å²) in [4.78, 5) is 2.33. The molecule has 0 spiro atoms. The van der Waals surface area contributed by atoms with Crippen LogP contribution in [0.1, 0.15) is 11.1 Å². The Balaban J connectivity index is 1.82. The van der Waals surface area contributed by atoms with Gasteiger partial charge in [-0.3, -0.25) is 0 Å². The van der Waals surface area contributed by atoms with E-state index in [1.54, 1.807) is 7.11 Å². The average Bonchev–Trinajstić information content (AvgIpc) is 2.42. The molecule has 106 valence electrons. The van der Waals surface area contributed by atoms with E-state index in [9.17, 15) is 0 Å². The van der Waals surface area contributed by atoms with E-state index in [2.05, 4.69) is 30.1 Å². The van der Waals surface area contributed by atoms with E-state index in [0.29, 0.717) is 26.4 Å². The van der Waals surface area contributed by atoms with Crippen LogP contribution >= 0.6 is 0 Å². The Kier molecular flexibility index (Phi) is 5.63. The van der Waals surface area contributed by atoms with Crippen LogP contribution in [0.5, 0.6) is 5.75 Å². The van der Waals surface area contributed by atoms with Crippen LogP contribution in [-0.4, -0.2) is 52.0 Å². The number of fused-ring (bicyclic) bond motifs is 1. The van der Waals surface area contributed by atoms with Crippen LogP contribution in [0.4, 0.5) is 0 Å². The molecule has 4 nitrogen and oxygen atoms in total. The van der Waals surface area contributed by atoms with Gasteiger partial charge in [0, 0.05) is 20.2 Å². The van der Waals surface area contributed by atoms with Crippen molar-refractivity contribution in [2.75, 3.05) is 47.1 Å². The number of nitrogens with zero attached hydrogens (tertiary/aromatic N) is 1. The lowest BCUT2D eigenvalue weighted by atomic mass is 9.99. The Hall–Kier alpha value is -1.10. The van der Waals surface area contributed by atoms with E-state index in [1.807, 2.05) is 0 Å². The standard InChI is InChI=1S/C15H23NO3/c1-16-7-6-14-13(12-16)4-3-5-15(14)19-11-10-18-9-8-17-2/h3-5H,6-12H2,1-2H3. The van der Waals surface area contributed by atoms with Gasteiger partial charge in [-0.2, -0.15) is 0 Å². The van der Waals surface area contributed by atoms with Crippen LogP contribution in [0.15, 0.2) is 18.2 Å².